The fourth-order valence-electron chi connectivity index (χ4n) is 3.15. The lowest BCUT2D eigenvalue weighted by atomic mass is 9.67. The third-order valence-corrected chi connectivity index (χ3v) is 10.4. The molecule has 136 valence electrons. The number of rotatable bonds is 3. The first-order valence-corrected chi connectivity index (χ1v) is 11.4. The summed E-state index contributed by atoms with van der Waals surface area (Å²) >= 11 is 0. The van der Waals surface area contributed by atoms with Crippen LogP contribution in [0.5, 0.6) is 0 Å². The number of hydrogen-bond donors (Lipinski definition) is 2. The molecule has 0 aliphatic carbocycles. The topological polar surface area (TPSA) is 70.0 Å². The maximum atomic E-state index is 11.7. The van der Waals surface area contributed by atoms with E-state index in [1.807, 2.05) is 20.8 Å². The molecule has 1 aliphatic heterocycles. The summed E-state index contributed by atoms with van der Waals surface area (Å²) in [5.41, 5.74) is -1.17. The van der Waals surface area contributed by atoms with Gasteiger partial charge < -0.3 is 14.6 Å². The molecule has 0 aromatic carbocycles. The molecule has 1 saturated heterocycles. The van der Waals surface area contributed by atoms with Crippen LogP contribution in [0.25, 0.3) is 0 Å². The Hall–Kier alpha value is -0.593. The second-order valence-corrected chi connectivity index (χ2v) is 14.1. The number of carboxylic acid groups (broad SMARTS) is 1. The molecule has 2 unspecified atom stereocenters. The van der Waals surface area contributed by atoms with Crippen LogP contribution in [0.2, 0.25) is 18.1 Å². The minimum atomic E-state index is -1.92. The molecule has 1 amide bonds. The molecule has 0 radical (unpaired) electrons. The Morgan fingerprint density at radius 3 is 2.13 bits per heavy atom. The molecule has 2 N–H and O–H groups in total. The molecule has 1 aliphatic rings. The number of likely N-dealkylation sites (tertiary alicyclic amines) is 1. The molecule has 1 fully saturated rings. The van der Waals surface area contributed by atoms with Crippen molar-refractivity contribution in [2.45, 2.75) is 84.2 Å². The highest BCUT2D eigenvalue weighted by molar-refractivity contribution is 6.74. The summed E-state index contributed by atoms with van der Waals surface area (Å²) in [6, 6.07) is 0. The van der Waals surface area contributed by atoms with Gasteiger partial charge in [0.1, 0.15) is 0 Å². The number of piperidine rings is 1. The summed E-state index contributed by atoms with van der Waals surface area (Å²) in [6.45, 7) is 17.3. The van der Waals surface area contributed by atoms with E-state index >= 15 is 0 Å². The Labute approximate surface area is 142 Å². The summed E-state index contributed by atoms with van der Waals surface area (Å²) in [6.07, 6.45) is 0.278. The van der Waals surface area contributed by atoms with Crippen LogP contribution in [-0.4, -0.2) is 54.3 Å². The molecule has 1 heterocycles. The van der Waals surface area contributed by atoms with Gasteiger partial charge in [0.15, 0.2) is 8.32 Å². The molecular formula is C17H35NO4Si. The van der Waals surface area contributed by atoms with Gasteiger partial charge in [-0.05, 0) is 36.4 Å². The number of aliphatic hydroxyl groups is 1. The monoisotopic (exact) mass is 345 g/mol. The molecular weight excluding hydrogens is 310 g/mol. The fraction of sp³-hybridized carbons (Fsp3) is 0.941. The minimum Gasteiger partial charge on any atom is -0.465 e. The second kappa shape index (κ2) is 6.37. The Morgan fingerprint density at radius 1 is 1.26 bits per heavy atom. The molecule has 0 spiro atoms. The van der Waals surface area contributed by atoms with Crippen LogP contribution in [-0.2, 0) is 4.43 Å². The van der Waals surface area contributed by atoms with E-state index in [0.717, 1.165) is 0 Å². The normalized spacial score (nSPS) is 27.2. The van der Waals surface area contributed by atoms with Gasteiger partial charge in [-0.3, -0.25) is 4.90 Å². The standard InChI is InChI=1S/C17H35NO4Si/c1-15(2,3)17(12-19)11-13(9-10-18(17)14(20)21)22-23(7,8)16(4,5)6/h13,19H,9-12H2,1-8H3,(H,20,21). The predicted molar refractivity (Wildman–Crippen MR) is 95.3 cm³/mol. The fourth-order valence-corrected chi connectivity index (χ4v) is 4.53. The average Bonchev–Trinajstić information content (AvgIpc) is 2.34. The third-order valence-electron chi connectivity index (χ3n) is 5.91. The molecule has 0 aromatic rings. The van der Waals surface area contributed by atoms with Crippen molar-refractivity contribution in [2.24, 2.45) is 5.41 Å². The van der Waals surface area contributed by atoms with E-state index < -0.39 is 19.9 Å². The molecule has 5 nitrogen and oxygen atoms in total. The van der Waals surface area contributed by atoms with Crippen LogP contribution in [0.4, 0.5) is 4.79 Å². The zero-order chi connectivity index (χ0) is 18.3. The Kier molecular flexibility index (Phi) is 5.67. The lowest BCUT2D eigenvalue weighted by Gasteiger charge is -2.55. The van der Waals surface area contributed by atoms with Crippen molar-refractivity contribution < 1.29 is 19.4 Å². The quantitative estimate of drug-likeness (QED) is 0.760. The van der Waals surface area contributed by atoms with Crippen molar-refractivity contribution in [3.8, 4) is 0 Å². The largest absolute Gasteiger partial charge is 0.465 e. The van der Waals surface area contributed by atoms with E-state index in [1.54, 1.807) is 0 Å². The summed E-state index contributed by atoms with van der Waals surface area (Å²) in [7, 11) is -1.92. The molecule has 1 rings (SSSR count). The van der Waals surface area contributed by atoms with Crippen molar-refractivity contribution >= 4 is 14.4 Å². The summed E-state index contributed by atoms with van der Waals surface area (Å²) in [4.78, 5) is 13.1. The molecule has 23 heavy (non-hydrogen) atoms. The van der Waals surface area contributed by atoms with E-state index in [2.05, 4.69) is 33.9 Å². The van der Waals surface area contributed by atoms with Crippen LogP contribution >= 0.6 is 0 Å². The smallest absolute Gasteiger partial charge is 0.407 e. The van der Waals surface area contributed by atoms with Gasteiger partial charge in [0.2, 0.25) is 0 Å². The van der Waals surface area contributed by atoms with Crippen molar-refractivity contribution in [2.75, 3.05) is 13.2 Å². The van der Waals surface area contributed by atoms with Crippen LogP contribution in [0.15, 0.2) is 0 Å². The van der Waals surface area contributed by atoms with E-state index in [4.69, 9.17) is 4.43 Å². The molecule has 0 bridgehead atoms. The van der Waals surface area contributed by atoms with Gasteiger partial charge in [0.05, 0.1) is 12.1 Å². The zero-order valence-electron chi connectivity index (χ0n) is 16.1. The summed E-state index contributed by atoms with van der Waals surface area (Å²) < 4.78 is 6.53. The van der Waals surface area contributed by atoms with Gasteiger partial charge >= 0.3 is 6.09 Å². The van der Waals surface area contributed by atoms with E-state index in [0.29, 0.717) is 19.4 Å². The molecule has 6 heteroatoms. The summed E-state index contributed by atoms with van der Waals surface area (Å²) in [5.74, 6) is 0. The Balaban J connectivity index is 3.10. The van der Waals surface area contributed by atoms with Gasteiger partial charge in [-0.2, -0.15) is 0 Å². The maximum absolute atomic E-state index is 11.7. The number of hydrogen-bond acceptors (Lipinski definition) is 3. The van der Waals surface area contributed by atoms with Crippen molar-refractivity contribution in [3.05, 3.63) is 0 Å². The van der Waals surface area contributed by atoms with Gasteiger partial charge in [-0.15, -0.1) is 0 Å². The second-order valence-electron chi connectivity index (χ2n) is 9.37. The number of nitrogens with zero attached hydrogens (tertiary/aromatic N) is 1. The molecule has 0 saturated carbocycles. The highest BCUT2D eigenvalue weighted by Crippen LogP contribution is 2.45. The number of carbonyl (C=O) groups is 1. The highest BCUT2D eigenvalue weighted by atomic mass is 28.4. The predicted octanol–water partition coefficient (Wildman–Crippen LogP) is 3.93. The lowest BCUT2D eigenvalue weighted by Crippen LogP contribution is -2.66. The van der Waals surface area contributed by atoms with Crippen LogP contribution in [0, 0.1) is 5.41 Å². The highest BCUT2D eigenvalue weighted by Gasteiger charge is 2.53. The van der Waals surface area contributed by atoms with Gasteiger partial charge in [-0.1, -0.05) is 41.5 Å². The first-order valence-electron chi connectivity index (χ1n) is 8.47. The number of amides is 1. The summed E-state index contributed by atoms with van der Waals surface area (Å²) in [5, 5.41) is 19.8. The van der Waals surface area contributed by atoms with Gasteiger partial charge in [0.25, 0.3) is 0 Å². The lowest BCUT2D eigenvalue weighted by molar-refractivity contribution is -0.0896. The van der Waals surface area contributed by atoms with E-state index in [1.165, 1.54) is 4.90 Å². The van der Waals surface area contributed by atoms with Crippen LogP contribution < -0.4 is 0 Å². The Bertz CT molecular complexity index is 439. The van der Waals surface area contributed by atoms with Crippen LogP contribution in [0.3, 0.4) is 0 Å². The van der Waals surface area contributed by atoms with Crippen LogP contribution in [0.1, 0.15) is 54.4 Å². The Morgan fingerprint density at radius 2 is 1.78 bits per heavy atom. The SMILES string of the molecule is CC(C)(C)C1(CO)CC(O[Si](C)(C)C(C)(C)C)CCN1C(=O)O. The minimum absolute atomic E-state index is 0.00198. The zero-order valence-corrected chi connectivity index (χ0v) is 17.1. The third kappa shape index (κ3) is 3.91. The molecule has 0 aromatic heterocycles. The van der Waals surface area contributed by atoms with E-state index in [9.17, 15) is 15.0 Å². The first-order chi connectivity index (χ1) is 10.2. The number of aliphatic hydroxyl groups excluding tert-OH is 1. The van der Waals surface area contributed by atoms with Gasteiger partial charge in [0, 0.05) is 12.6 Å². The molecule has 2 atom stereocenters. The van der Waals surface area contributed by atoms with E-state index in [-0.39, 0.29) is 23.2 Å². The van der Waals surface area contributed by atoms with Crippen molar-refractivity contribution in [1.82, 2.24) is 4.90 Å². The van der Waals surface area contributed by atoms with Crippen molar-refractivity contribution in [1.29, 1.82) is 0 Å². The maximum Gasteiger partial charge on any atom is 0.407 e. The average molecular weight is 346 g/mol. The first kappa shape index (κ1) is 20.5. The van der Waals surface area contributed by atoms with Crippen molar-refractivity contribution in [3.63, 3.8) is 0 Å². The van der Waals surface area contributed by atoms with Gasteiger partial charge in [-0.25, -0.2) is 4.79 Å².